The van der Waals surface area contributed by atoms with Crippen LogP contribution in [0.2, 0.25) is 5.02 Å². The van der Waals surface area contributed by atoms with Gasteiger partial charge >= 0.3 is 5.97 Å². The molecule has 1 aliphatic rings. The van der Waals surface area contributed by atoms with E-state index in [4.69, 9.17) is 11.6 Å². The summed E-state index contributed by atoms with van der Waals surface area (Å²) in [5.41, 5.74) is 4.34. The fraction of sp³-hybridized carbons (Fsp3) is 0.303. The number of carboxylic acid groups (broad SMARTS) is 1. The first-order valence-electron chi connectivity index (χ1n) is 13.7. The Kier molecular flexibility index (Phi) is 8.46. The first-order valence-corrected chi connectivity index (χ1v) is 14.1. The number of fused-ring (bicyclic) bond motifs is 1. The maximum atomic E-state index is 14.0. The third-order valence-electron chi connectivity index (χ3n) is 8.27. The number of aliphatic carboxylic acids is 1. The molecule has 1 aliphatic carbocycles. The molecule has 1 fully saturated rings. The van der Waals surface area contributed by atoms with Gasteiger partial charge in [-0.1, -0.05) is 35.9 Å². The SMILES string of the molecule is CC(C(=O)O)c1ccc(CC(C(=O)Nc2ccc(Cl)cc2)C2CCC(c3ccnc4ccc(F)cc34)CC2)cc1. The normalized spacial score (nSPS) is 18.7. The number of amides is 1. The van der Waals surface area contributed by atoms with Crippen LogP contribution in [0.5, 0.6) is 0 Å². The Hall–Kier alpha value is -3.77. The highest BCUT2D eigenvalue weighted by Gasteiger charge is 2.33. The van der Waals surface area contributed by atoms with Crippen LogP contribution in [0, 0.1) is 17.7 Å². The molecule has 0 saturated heterocycles. The Morgan fingerprint density at radius 1 is 1.00 bits per heavy atom. The standard InChI is InChI=1S/C33H32ClFN2O3/c1-20(33(39)40)22-4-2-21(3-5-22)18-29(32(38)37-27-13-10-25(34)11-14-27)24-8-6-23(7-9-24)28-16-17-36-31-15-12-26(35)19-30(28)31/h2-5,10-17,19-20,23-24,29H,6-9,18H2,1H3,(H,37,38)(H,39,40). The van der Waals surface area contributed by atoms with Gasteiger partial charge in [-0.15, -0.1) is 0 Å². The average Bonchev–Trinajstić information content (AvgIpc) is 2.96. The molecule has 1 amide bonds. The molecule has 0 aliphatic heterocycles. The van der Waals surface area contributed by atoms with Gasteiger partial charge in [-0.3, -0.25) is 14.6 Å². The number of hydrogen-bond acceptors (Lipinski definition) is 3. The van der Waals surface area contributed by atoms with Crippen molar-refractivity contribution in [1.29, 1.82) is 0 Å². The first-order chi connectivity index (χ1) is 19.3. The van der Waals surface area contributed by atoms with Crippen molar-refractivity contribution < 1.29 is 19.1 Å². The van der Waals surface area contributed by atoms with Crippen LogP contribution < -0.4 is 5.32 Å². The van der Waals surface area contributed by atoms with E-state index in [9.17, 15) is 19.1 Å². The van der Waals surface area contributed by atoms with Crippen molar-refractivity contribution in [2.75, 3.05) is 5.32 Å². The molecule has 0 radical (unpaired) electrons. The van der Waals surface area contributed by atoms with Gasteiger partial charge in [0.1, 0.15) is 5.82 Å². The molecular weight excluding hydrogens is 527 g/mol. The summed E-state index contributed by atoms with van der Waals surface area (Å²) in [5, 5.41) is 13.9. The number of aromatic nitrogens is 1. The van der Waals surface area contributed by atoms with Gasteiger partial charge < -0.3 is 10.4 Å². The second-order valence-electron chi connectivity index (χ2n) is 10.8. The number of nitrogens with one attached hydrogen (secondary N) is 1. The van der Waals surface area contributed by atoms with Crippen LogP contribution in [0.1, 0.15) is 61.1 Å². The van der Waals surface area contributed by atoms with E-state index in [2.05, 4.69) is 10.3 Å². The summed E-state index contributed by atoms with van der Waals surface area (Å²) >= 11 is 6.03. The van der Waals surface area contributed by atoms with Crippen LogP contribution in [-0.2, 0) is 16.0 Å². The molecule has 1 aromatic heterocycles. The molecule has 2 N–H and O–H groups in total. The van der Waals surface area contributed by atoms with Crippen LogP contribution in [-0.4, -0.2) is 22.0 Å². The molecule has 2 unspecified atom stereocenters. The summed E-state index contributed by atoms with van der Waals surface area (Å²) in [4.78, 5) is 29.4. The van der Waals surface area contributed by atoms with Gasteiger partial charge in [-0.25, -0.2) is 4.39 Å². The predicted molar refractivity (Wildman–Crippen MR) is 156 cm³/mol. The van der Waals surface area contributed by atoms with Crippen LogP contribution in [0.25, 0.3) is 10.9 Å². The second-order valence-corrected chi connectivity index (χ2v) is 11.2. The number of benzene rings is 3. The van der Waals surface area contributed by atoms with Gasteiger partial charge in [0, 0.05) is 28.2 Å². The zero-order chi connectivity index (χ0) is 28.2. The maximum Gasteiger partial charge on any atom is 0.310 e. The zero-order valence-electron chi connectivity index (χ0n) is 22.3. The van der Waals surface area contributed by atoms with E-state index >= 15 is 0 Å². The largest absolute Gasteiger partial charge is 0.481 e. The molecular formula is C33H32ClFN2O3. The maximum absolute atomic E-state index is 14.0. The number of hydrogen-bond donors (Lipinski definition) is 2. The smallest absolute Gasteiger partial charge is 0.310 e. The molecule has 2 atom stereocenters. The lowest BCUT2D eigenvalue weighted by Gasteiger charge is -2.34. The highest BCUT2D eigenvalue weighted by molar-refractivity contribution is 6.30. The third-order valence-corrected chi connectivity index (χ3v) is 8.52. The Morgan fingerprint density at radius 2 is 1.70 bits per heavy atom. The van der Waals surface area contributed by atoms with E-state index in [0.29, 0.717) is 17.1 Å². The predicted octanol–water partition coefficient (Wildman–Crippen LogP) is 7.99. The molecule has 1 heterocycles. The van der Waals surface area contributed by atoms with Crippen LogP contribution in [0.3, 0.4) is 0 Å². The highest BCUT2D eigenvalue weighted by atomic mass is 35.5. The van der Waals surface area contributed by atoms with Crippen LogP contribution >= 0.6 is 11.6 Å². The topological polar surface area (TPSA) is 79.3 Å². The molecule has 3 aromatic carbocycles. The molecule has 1 saturated carbocycles. The van der Waals surface area contributed by atoms with E-state index < -0.39 is 11.9 Å². The summed E-state index contributed by atoms with van der Waals surface area (Å²) < 4.78 is 14.0. The quantitative estimate of drug-likeness (QED) is 0.230. The number of carbonyl (C=O) groups is 2. The van der Waals surface area contributed by atoms with Crippen molar-refractivity contribution in [3.8, 4) is 0 Å². The van der Waals surface area contributed by atoms with Gasteiger partial charge in [0.25, 0.3) is 0 Å². The molecule has 5 rings (SSSR count). The molecule has 4 aromatic rings. The first kappa shape index (κ1) is 27.8. The van der Waals surface area contributed by atoms with E-state index in [-0.39, 0.29) is 29.5 Å². The molecule has 7 heteroatoms. The van der Waals surface area contributed by atoms with Crippen molar-refractivity contribution in [2.45, 2.75) is 50.9 Å². The van der Waals surface area contributed by atoms with E-state index in [1.807, 2.05) is 30.3 Å². The zero-order valence-corrected chi connectivity index (χ0v) is 23.1. The number of rotatable bonds is 8. The monoisotopic (exact) mass is 558 g/mol. The van der Waals surface area contributed by atoms with Gasteiger partial charge in [0.2, 0.25) is 5.91 Å². The lowest BCUT2D eigenvalue weighted by molar-refractivity contribution is -0.138. The Balaban J connectivity index is 1.35. The lowest BCUT2D eigenvalue weighted by atomic mass is 9.71. The molecule has 40 heavy (non-hydrogen) atoms. The fourth-order valence-electron chi connectivity index (χ4n) is 5.91. The number of nitrogens with zero attached hydrogens (tertiary/aromatic N) is 1. The summed E-state index contributed by atoms with van der Waals surface area (Å²) in [5.74, 6) is -1.57. The van der Waals surface area contributed by atoms with Crippen LogP contribution in [0.15, 0.2) is 79.0 Å². The molecule has 0 spiro atoms. The summed E-state index contributed by atoms with van der Waals surface area (Å²) in [6, 6.07) is 21.4. The fourth-order valence-corrected chi connectivity index (χ4v) is 6.03. The minimum absolute atomic E-state index is 0.0369. The second kappa shape index (κ2) is 12.2. The summed E-state index contributed by atoms with van der Waals surface area (Å²) in [6.07, 6.45) is 5.90. The van der Waals surface area contributed by atoms with Crippen molar-refractivity contribution >= 4 is 40.1 Å². The summed E-state index contributed by atoms with van der Waals surface area (Å²) in [7, 11) is 0. The Labute approximate surface area is 238 Å². The number of halogens is 2. The van der Waals surface area contributed by atoms with E-state index in [0.717, 1.165) is 53.3 Å². The van der Waals surface area contributed by atoms with Gasteiger partial charge in [-0.2, -0.15) is 0 Å². The summed E-state index contributed by atoms with van der Waals surface area (Å²) in [6.45, 7) is 1.67. The minimum atomic E-state index is -0.866. The molecule has 5 nitrogen and oxygen atoms in total. The van der Waals surface area contributed by atoms with Crippen molar-refractivity contribution in [1.82, 2.24) is 4.98 Å². The highest BCUT2D eigenvalue weighted by Crippen LogP contribution is 2.42. The number of carbonyl (C=O) groups excluding carboxylic acids is 1. The lowest BCUT2D eigenvalue weighted by Crippen LogP contribution is -2.33. The van der Waals surface area contributed by atoms with Crippen LogP contribution in [0.4, 0.5) is 10.1 Å². The van der Waals surface area contributed by atoms with Crippen molar-refractivity contribution in [3.05, 3.63) is 107 Å². The molecule has 0 bridgehead atoms. The van der Waals surface area contributed by atoms with Crippen molar-refractivity contribution in [3.63, 3.8) is 0 Å². The Morgan fingerprint density at radius 3 is 2.38 bits per heavy atom. The number of carboxylic acids is 1. The van der Waals surface area contributed by atoms with Crippen molar-refractivity contribution in [2.24, 2.45) is 11.8 Å². The van der Waals surface area contributed by atoms with E-state index in [1.165, 1.54) is 6.07 Å². The minimum Gasteiger partial charge on any atom is -0.481 e. The van der Waals surface area contributed by atoms with Gasteiger partial charge in [0.15, 0.2) is 0 Å². The van der Waals surface area contributed by atoms with Gasteiger partial charge in [0.05, 0.1) is 11.4 Å². The van der Waals surface area contributed by atoms with Gasteiger partial charge in [-0.05, 0) is 116 Å². The third kappa shape index (κ3) is 6.34. The number of pyridine rings is 1. The number of anilines is 1. The molecule has 206 valence electrons. The van der Waals surface area contributed by atoms with E-state index in [1.54, 1.807) is 49.5 Å². The Bertz CT molecular complexity index is 1500. The average molecular weight is 559 g/mol.